The van der Waals surface area contributed by atoms with E-state index in [9.17, 15) is 57.0 Å². The number of nitrogens with two attached hydrogens (primary N) is 1. The number of esters is 2. The number of ether oxygens (including phenoxy) is 6. The normalized spacial score (nSPS) is 25.9. The molecule has 2 amide bonds. The van der Waals surface area contributed by atoms with Crippen molar-refractivity contribution in [1.29, 1.82) is 0 Å². The number of carbonyl (C=O) groups is 8. The van der Waals surface area contributed by atoms with Gasteiger partial charge in [-0.1, -0.05) is 130 Å². The topological polar surface area (TPSA) is 363 Å². The third-order valence-electron chi connectivity index (χ3n) is 26.1. The van der Waals surface area contributed by atoms with Crippen LogP contribution >= 0.6 is 45.9 Å². The van der Waals surface area contributed by atoms with Crippen molar-refractivity contribution in [2.45, 2.75) is 233 Å². The van der Waals surface area contributed by atoms with Gasteiger partial charge in [0.05, 0.1) is 102 Å². The van der Waals surface area contributed by atoms with Gasteiger partial charge in [0, 0.05) is 59.3 Å². The summed E-state index contributed by atoms with van der Waals surface area (Å²) in [7, 11) is -0.426. The molecule has 7 aromatic rings. The summed E-state index contributed by atoms with van der Waals surface area (Å²) in [5, 5.41) is 27.6. The van der Waals surface area contributed by atoms with Crippen LogP contribution in [0.3, 0.4) is 0 Å². The van der Waals surface area contributed by atoms with Gasteiger partial charge in [0.25, 0.3) is 10.0 Å². The molecule has 2 unspecified atom stereocenters. The fourth-order valence-electron chi connectivity index (χ4n) is 18.2. The number of nitrogens with zero attached hydrogens (tertiary/aromatic N) is 6. The Balaban J connectivity index is 0.000000185. The number of hydrogen-bond acceptors (Lipinski definition) is 23. The van der Waals surface area contributed by atoms with Crippen molar-refractivity contribution in [2.24, 2.45) is 74.8 Å². The molecule has 26 nitrogen and oxygen atoms in total. The van der Waals surface area contributed by atoms with Crippen molar-refractivity contribution in [3.63, 3.8) is 0 Å². The number of benzene rings is 3. The smallest absolute Gasteiger partial charge is 0.310 e. The molecule has 6 heterocycles. The second kappa shape index (κ2) is 36.1. The number of hydrazine groups is 1. The molecule has 3 aromatic carbocycles. The van der Waals surface area contributed by atoms with Gasteiger partial charge in [-0.3, -0.25) is 44.2 Å². The van der Waals surface area contributed by atoms with E-state index in [0.717, 1.165) is 42.6 Å². The number of thiazole rings is 2. The van der Waals surface area contributed by atoms with Gasteiger partial charge in [0.15, 0.2) is 11.6 Å². The molecule has 0 bridgehead atoms. The van der Waals surface area contributed by atoms with Crippen molar-refractivity contribution < 1.29 is 85.4 Å². The van der Waals surface area contributed by atoms with Crippen molar-refractivity contribution >= 4 is 125 Å². The monoisotopic (exact) mass is 1770 g/mol. The molecule has 16 atom stereocenters. The summed E-state index contributed by atoms with van der Waals surface area (Å²) in [6.45, 7) is 27.4. The van der Waals surface area contributed by atoms with E-state index < -0.39 is 91.7 Å². The average Bonchev–Trinajstić information content (AvgIpc) is 1.58. The Bertz CT molecular complexity index is 5300. The molecule has 6 saturated carbocycles. The predicted molar refractivity (Wildman–Crippen MR) is 464 cm³/mol. The number of aryl methyl sites for hydroxylation is 1. The second-order valence-corrected chi connectivity index (χ2v) is 41.5. The molecule has 6 aliphatic carbocycles. The lowest BCUT2D eigenvalue weighted by Crippen LogP contribution is -2.48. The zero-order valence-electron chi connectivity index (χ0n) is 71.6. The fourth-order valence-corrected chi connectivity index (χ4v) is 21.3. The number of carboxylic acid groups (broad SMARTS) is 2. The zero-order chi connectivity index (χ0) is 88.3. The number of aromatic nitrogens is 4. The second-order valence-electron chi connectivity index (χ2n) is 37.3. The highest BCUT2D eigenvalue weighted by Crippen LogP contribution is 2.60. The molecule has 4 aromatic heterocycles. The van der Waals surface area contributed by atoms with Crippen LogP contribution in [0.1, 0.15) is 201 Å². The summed E-state index contributed by atoms with van der Waals surface area (Å²) in [6, 6.07) is 15.2. The third-order valence-corrected chi connectivity index (χ3v) is 29.8. The number of Topliss-reactive ketones (excluding diaryl/α,β-unsaturated/α-hetero) is 2. The first-order valence-corrected chi connectivity index (χ1v) is 46.1. The molecule has 656 valence electrons. The highest BCUT2D eigenvalue weighted by Gasteiger charge is 2.63. The van der Waals surface area contributed by atoms with Gasteiger partial charge in [-0.25, -0.2) is 28.4 Å². The van der Waals surface area contributed by atoms with E-state index in [1.807, 2.05) is 84.3 Å². The molecular weight excluding hydrogens is 1660 g/mol. The lowest BCUT2D eigenvalue weighted by atomic mass is 9.77. The molecular formula is C91H112Cl2N8O18S3. The van der Waals surface area contributed by atoms with Crippen molar-refractivity contribution in [2.75, 3.05) is 27.3 Å². The van der Waals surface area contributed by atoms with Crippen LogP contribution in [0.5, 0.6) is 23.0 Å². The summed E-state index contributed by atoms with van der Waals surface area (Å²) < 4.78 is 58.4. The number of carboxylic acids is 2. The lowest BCUT2D eigenvalue weighted by molar-refractivity contribution is -0.157. The number of pyridine rings is 2. The van der Waals surface area contributed by atoms with E-state index in [-0.39, 0.29) is 116 Å². The van der Waals surface area contributed by atoms with Crippen LogP contribution in [0.4, 0.5) is 0 Å². The molecule has 31 heteroatoms. The minimum absolute atomic E-state index is 0.0472. The number of ketones is 2. The van der Waals surface area contributed by atoms with Crippen LogP contribution in [0, 0.1) is 75.9 Å². The van der Waals surface area contributed by atoms with Gasteiger partial charge < -0.3 is 48.4 Å². The Morgan fingerprint density at radius 1 is 0.598 bits per heavy atom. The first-order valence-electron chi connectivity index (χ1n) is 42.1. The van der Waals surface area contributed by atoms with Crippen molar-refractivity contribution in [1.82, 2.24) is 34.6 Å². The number of aliphatic carboxylic acids is 2. The lowest BCUT2D eigenvalue weighted by Gasteiger charge is -2.35. The van der Waals surface area contributed by atoms with Gasteiger partial charge in [0.2, 0.25) is 11.8 Å². The quantitative estimate of drug-likeness (QED) is 0.0141. The molecule has 8 aliphatic rings. The minimum Gasteiger partial charge on any atom is -0.495 e. The number of methoxy groups -OCH3 is 2. The summed E-state index contributed by atoms with van der Waals surface area (Å²) in [6.07, 6.45) is 6.95. The Morgan fingerprint density at radius 2 is 1.01 bits per heavy atom. The zero-order valence-corrected chi connectivity index (χ0v) is 75.6. The molecule has 8 fully saturated rings. The minimum atomic E-state index is -3.49. The Labute approximate surface area is 730 Å². The van der Waals surface area contributed by atoms with E-state index in [4.69, 9.17) is 77.4 Å². The molecule has 15 rings (SSSR count). The van der Waals surface area contributed by atoms with E-state index in [0.29, 0.717) is 119 Å². The SMILES string of the molecule is C=C[C@@H]1C[C@]1(CC(=O)[C@@H]1C[C@@H](Oc2cc(-c3nc(C(C)C)cs3)nc3c(Cl)c(OC)ccc23)CN1C(=O)[C@@H](CC(=O)OC1C[C@@H]2C[C@@H]2C1)C(C)(C)C)C(=O)O.CC[C@@H]1C[C@]1(CC(=O)[C@@H]1C[C@@H](Oc2cc(-c3nc(C(C)C)cs3)nc3c(Cl)c(OC)ccc23)CN1C(=O)[C@@H](CC(=O)OC1C[C@@H]2C[C@@H]2C1)C(C)(C)C)C(=O)O.Cc1ccc(S(=O)(=O)NN)cc1. The van der Waals surface area contributed by atoms with Gasteiger partial charge in [0.1, 0.15) is 78.9 Å². The van der Waals surface area contributed by atoms with Crippen LogP contribution in [0.2, 0.25) is 10.0 Å². The summed E-state index contributed by atoms with van der Waals surface area (Å²) in [4.78, 5) is 134. The van der Waals surface area contributed by atoms with Crippen LogP contribution < -0.4 is 29.6 Å². The molecule has 0 radical (unpaired) electrons. The first kappa shape index (κ1) is 91.0. The summed E-state index contributed by atoms with van der Waals surface area (Å²) in [5.41, 5.74) is 1.21. The van der Waals surface area contributed by atoms with Gasteiger partial charge in [-0.2, -0.15) is 4.83 Å². The largest absolute Gasteiger partial charge is 0.495 e. The standard InChI is InChI=1S/C42H52ClN3O8S.C42H50ClN3O8S.C7H10N2O2S/c2*1-8-24-17-42(24,40(50)51)18-32(47)31-14-26(19-46(31)39(49)28(41(4,5)6)15-35(48)54-25-12-22-11-23(22)13-25)53-34-16-29(38-45-30(20-55-38)21(2)3)44-37-27(34)9-10-33(52-7)36(37)43;1-6-2-4-7(5-3-6)12(10,11)9-8/h9-10,16,20-26,28,31H,8,11-15,17-19H2,1-7H3,(H,50,51);8-10,16,20-26,28,31H,1,11-15,17-19H2,2-7H3,(H,50,51);2-5,9H,8H2,1H3/t2*22-,23+,24-,25?,26-,28-,31+,42-;/m11./s1. The Hall–Kier alpha value is -8.71. The number of halogens is 2. The number of sulfonamides is 1. The third kappa shape index (κ3) is 19.7. The Morgan fingerprint density at radius 3 is 1.34 bits per heavy atom. The number of rotatable bonds is 30. The van der Waals surface area contributed by atoms with Crippen LogP contribution in [-0.2, 0) is 57.9 Å². The van der Waals surface area contributed by atoms with E-state index in [2.05, 4.69) is 34.3 Å². The summed E-state index contributed by atoms with van der Waals surface area (Å²) in [5.74, 6) is 3.38. The molecule has 0 spiro atoms. The average molecular weight is 1770 g/mol. The van der Waals surface area contributed by atoms with Crippen molar-refractivity contribution in [3.8, 4) is 44.4 Å². The first-order chi connectivity index (χ1) is 57.6. The summed E-state index contributed by atoms with van der Waals surface area (Å²) >= 11 is 16.6. The molecule has 2 saturated heterocycles. The van der Waals surface area contributed by atoms with E-state index in [1.165, 1.54) is 71.7 Å². The maximum absolute atomic E-state index is 14.7. The van der Waals surface area contributed by atoms with Crippen LogP contribution in [0.15, 0.2) is 89.0 Å². The van der Waals surface area contributed by atoms with Gasteiger partial charge in [-0.05, 0) is 153 Å². The highest BCUT2D eigenvalue weighted by atomic mass is 35.5. The number of hydrogen-bond donors (Lipinski definition) is 4. The van der Waals surface area contributed by atoms with Gasteiger partial charge in [-0.15, -0.1) is 29.3 Å². The van der Waals surface area contributed by atoms with E-state index >= 15 is 0 Å². The van der Waals surface area contributed by atoms with Crippen LogP contribution in [0.25, 0.3) is 43.2 Å². The highest BCUT2D eigenvalue weighted by molar-refractivity contribution is 7.89. The van der Waals surface area contributed by atoms with Crippen molar-refractivity contribution in [3.05, 3.63) is 111 Å². The van der Waals surface area contributed by atoms with Crippen LogP contribution in [-0.4, -0.2) is 159 Å². The molecule has 5 N–H and O–H groups in total. The molecule has 122 heavy (non-hydrogen) atoms. The predicted octanol–water partition coefficient (Wildman–Crippen LogP) is 16.6. The van der Waals surface area contributed by atoms with E-state index in [1.54, 1.807) is 41.2 Å². The number of allylic oxidation sites excluding steroid dienone is 1. The number of nitrogens with one attached hydrogen (secondary N) is 1. The number of fused-ring (bicyclic) bond motifs is 4. The van der Waals surface area contributed by atoms with Gasteiger partial charge >= 0.3 is 23.9 Å². The Kier molecular flexibility index (Phi) is 26.9. The maximum atomic E-state index is 14.7. The number of carbonyl (C=O) groups excluding carboxylic acids is 6. The molecule has 2 aliphatic heterocycles. The number of likely N-dealkylation sites (tertiary alicyclic amines) is 2. The fraction of sp³-hybridized carbons (Fsp3) is 0.560. The maximum Gasteiger partial charge on any atom is 0.310 e. The number of amides is 2.